The van der Waals surface area contributed by atoms with Crippen molar-refractivity contribution >= 4 is 5.97 Å². The molecule has 2 atom stereocenters. The number of esters is 1. The lowest BCUT2D eigenvalue weighted by Gasteiger charge is -2.42. The van der Waals surface area contributed by atoms with Crippen LogP contribution in [0.15, 0.2) is 0 Å². The Morgan fingerprint density at radius 3 is 2.69 bits per heavy atom. The molecule has 1 fully saturated rings. The molecule has 0 radical (unpaired) electrons. The molecule has 0 bridgehead atoms. The maximum Gasteiger partial charge on any atom is 0.332 e. The first-order valence-electron chi connectivity index (χ1n) is 6.21. The monoisotopic (exact) mass is 228 g/mol. The van der Waals surface area contributed by atoms with Crippen molar-refractivity contribution < 1.29 is 14.3 Å². The topological polar surface area (TPSA) is 35.5 Å². The van der Waals surface area contributed by atoms with Crippen molar-refractivity contribution in [2.45, 2.75) is 52.1 Å². The van der Waals surface area contributed by atoms with Gasteiger partial charge < -0.3 is 9.47 Å². The smallest absolute Gasteiger partial charge is 0.332 e. The lowest BCUT2D eigenvalue weighted by atomic mass is 9.73. The minimum atomic E-state index is -0.257. The summed E-state index contributed by atoms with van der Waals surface area (Å²) in [5, 5.41) is 0. The summed E-state index contributed by atoms with van der Waals surface area (Å²) >= 11 is 0. The summed E-state index contributed by atoms with van der Waals surface area (Å²) in [5.41, 5.74) is -0.257. The van der Waals surface area contributed by atoms with Crippen LogP contribution in [0.1, 0.15) is 46.5 Å². The van der Waals surface area contributed by atoms with Gasteiger partial charge in [0, 0.05) is 7.11 Å². The van der Waals surface area contributed by atoms with Crippen molar-refractivity contribution in [1.29, 1.82) is 0 Å². The lowest BCUT2D eigenvalue weighted by molar-refractivity contribution is -0.175. The number of carbonyl (C=O) groups excluding carboxylic acids is 1. The van der Waals surface area contributed by atoms with Crippen LogP contribution in [0, 0.1) is 11.8 Å². The molecule has 3 heteroatoms. The fraction of sp³-hybridized carbons (Fsp3) is 0.923. The molecule has 0 N–H and O–H groups in total. The highest BCUT2D eigenvalue weighted by atomic mass is 16.6. The van der Waals surface area contributed by atoms with Gasteiger partial charge in [-0.2, -0.15) is 0 Å². The predicted octanol–water partition coefficient (Wildman–Crippen LogP) is 2.78. The highest BCUT2D eigenvalue weighted by Crippen LogP contribution is 2.40. The van der Waals surface area contributed by atoms with Crippen LogP contribution in [0.3, 0.4) is 0 Å². The van der Waals surface area contributed by atoms with Crippen molar-refractivity contribution in [3.63, 3.8) is 0 Å². The van der Waals surface area contributed by atoms with E-state index in [0.717, 1.165) is 19.3 Å². The molecule has 1 saturated carbocycles. The maximum absolute atomic E-state index is 11.6. The second-order valence-corrected chi connectivity index (χ2v) is 5.33. The molecule has 0 saturated heterocycles. The first kappa shape index (κ1) is 13.5. The van der Waals surface area contributed by atoms with Gasteiger partial charge in [-0.1, -0.05) is 27.2 Å². The molecule has 0 aromatic rings. The van der Waals surface area contributed by atoms with Gasteiger partial charge in [0.15, 0.2) is 0 Å². The molecule has 94 valence electrons. The Morgan fingerprint density at radius 1 is 1.50 bits per heavy atom. The van der Waals surface area contributed by atoms with E-state index in [1.165, 1.54) is 13.5 Å². The molecular weight excluding hydrogens is 204 g/mol. The highest BCUT2D eigenvalue weighted by molar-refractivity contribution is 5.71. The summed E-state index contributed by atoms with van der Waals surface area (Å²) in [6.45, 7) is 6.57. The third-order valence-corrected chi connectivity index (χ3v) is 3.62. The van der Waals surface area contributed by atoms with E-state index in [9.17, 15) is 4.79 Å². The summed E-state index contributed by atoms with van der Waals surface area (Å²) < 4.78 is 10.5. The average molecular weight is 228 g/mol. The van der Waals surface area contributed by atoms with E-state index in [2.05, 4.69) is 20.8 Å². The summed E-state index contributed by atoms with van der Waals surface area (Å²) in [5.74, 6) is 0.785. The second kappa shape index (κ2) is 5.67. The van der Waals surface area contributed by atoms with Gasteiger partial charge in [0.25, 0.3) is 0 Å². The Morgan fingerprint density at radius 2 is 2.19 bits per heavy atom. The van der Waals surface area contributed by atoms with Crippen LogP contribution in [0.25, 0.3) is 0 Å². The zero-order chi connectivity index (χ0) is 12.2. The first-order valence-corrected chi connectivity index (χ1v) is 6.21. The molecule has 1 aliphatic rings. The van der Waals surface area contributed by atoms with Crippen LogP contribution in [0.4, 0.5) is 0 Å². The molecule has 0 spiro atoms. The zero-order valence-electron chi connectivity index (χ0n) is 10.9. The van der Waals surface area contributed by atoms with Gasteiger partial charge in [-0.3, -0.25) is 0 Å². The van der Waals surface area contributed by atoms with Crippen molar-refractivity contribution in [3.05, 3.63) is 0 Å². The second-order valence-electron chi connectivity index (χ2n) is 5.33. The lowest BCUT2D eigenvalue weighted by Crippen LogP contribution is -2.44. The van der Waals surface area contributed by atoms with Gasteiger partial charge in [0.1, 0.15) is 12.2 Å². The van der Waals surface area contributed by atoms with Crippen LogP contribution < -0.4 is 0 Å². The van der Waals surface area contributed by atoms with Crippen LogP contribution in [0.2, 0.25) is 0 Å². The van der Waals surface area contributed by atoms with E-state index in [1.54, 1.807) is 0 Å². The van der Waals surface area contributed by atoms with Crippen molar-refractivity contribution in [3.8, 4) is 0 Å². The van der Waals surface area contributed by atoms with Gasteiger partial charge in [0.2, 0.25) is 0 Å². The Labute approximate surface area is 98.5 Å². The molecule has 0 aromatic heterocycles. The van der Waals surface area contributed by atoms with Crippen molar-refractivity contribution in [2.75, 3.05) is 13.7 Å². The number of hydrogen-bond acceptors (Lipinski definition) is 3. The van der Waals surface area contributed by atoms with Gasteiger partial charge in [-0.05, 0) is 31.1 Å². The summed E-state index contributed by atoms with van der Waals surface area (Å²) in [4.78, 5) is 11.6. The number of rotatable bonds is 4. The van der Waals surface area contributed by atoms with Crippen LogP contribution in [-0.2, 0) is 14.3 Å². The van der Waals surface area contributed by atoms with Gasteiger partial charge in [0.05, 0.1) is 0 Å². The van der Waals surface area contributed by atoms with E-state index < -0.39 is 0 Å². The number of carbonyl (C=O) groups is 1. The molecule has 0 aliphatic heterocycles. The Kier molecular flexibility index (Phi) is 4.78. The van der Waals surface area contributed by atoms with E-state index in [0.29, 0.717) is 11.8 Å². The molecule has 1 unspecified atom stereocenters. The highest BCUT2D eigenvalue weighted by Gasteiger charge is 2.41. The largest absolute Gasteiger partial charge is 0.457 e. The zero-order valence-corrected chi connectivity index (χ0v) is 10.9. The third-order valence-electron chi connectivity index (χ3n) is 3.62. The molecule has 1 aliphatic carbocycles. The third kappa shape index (κ3) is 3.21. The molecule has 0 amide bonds. The number of hydrogen-bond donors (Lipinski definition) is 0. The van der Waals surface area contributed by atoms with E-state index in [4.69, 9.17) is 9.47 Å². The summed E-state index contributed by atoms with van der Waals surface area (Å²) in [6, 6.07) is 0. The van der Waals surface area contributed by atoms with Crippen molar-refractivity contribution in [1.82, 2.24) is 0 Å². The Hall–Kier alpha value is -0.570. The SMILES string of the molecule is COCC(=O)OC1(C(C)C)CCC[C@@H](C)C1. The minimum absolute atomic E-state index is 0.0584. The Bertz CT molecular complexity index is 237. The van der Waals surface area contributed by atoms with E-state index in [1.807, 2.05) is 0 Å². The van der Waals surface area contributed by atoms with Crippen LogP contribution in [-0.4, -0.2) is 25.3 Å². The standard InChI is InChI=1S/C13H24O3/c1-10(2)13(16-12(14)9-15-4)7-5-6-11(3)8-13/h10-11H,5-9H2,1-4H3/t11-,13?/m1/s1. The summed E-state index contributed by atoms with van der Waals surface area (Å²) in [6.07, 6.45) is 4.38. The fourth-order valence-electron chi connectivity index (χ4n) is 2.65. The fourth-order valence-corrected chi connectivity index (χ4v) is 2.65. The van der Waals surface area contributed by atoms with Crippen LogP contribution >= 0.6 is 0 Å². The molecule has 0 aromatic carbocycles. The average Bonchev–Trinajstić information content (AvgIpc) is 2.17. The normalized spacial score (nSPS) is 30.4. The summed E-state index contributed by atoms with van der Waals surface area (Å²) in [7, 11) is 1.52. The molecule has 0 heterocycles. The van der Waals surface area contributed by atoms with Gasteiger partial charge in [-0.25, -0.2) is 4.79 Å². The van der Waals surface area contributed by atoms with Crippen LogP contribution in [0.5, 0.6) is 0 Å². The number of methoxy groups -OCH3 is 1. The quantitative estimate of drug-likeness (QED) is 0.694. The number of ether oxygens (including phenoxy) is 2. The predicted molar refractivity (Wildman–Crippen MR) is 63.2 cm³/mol. The molecular formula is C13H24O3. The molecule has 1 rings (SSSR count). The van der Waals surface area contributed by atoms with Gasteiger partial charge in [-0.15, -0.1) is 0 Å². The van der Waals surface area contributed by atoms with E-state index in [-0.39, 0.29) is 18.2 Å². The van der Waals surface area contributed by atoms with Crippen molar-refractivity contribution in [2.24, 2.45) is 11.8 Å². The maximum atomic E-state index is 11.6. The molecule has 16 heavy (non-hydrogen) atoms. The van der Waals surface area contributed by atoms with Gasteiger partial charge >= 0.3 is 5.97 Å². The first-order chi connectivity index (χ1) is 7.50. The van der Waals surface area contributed by atoms with E-state index >= 15 is 0 Å². The Balaban J connectivity index is 2.68. The molecule has 3 nitrogen and oxygen atoms in total. The minimum Gasteiger partial charge on any atom is -0.457 e.